The summed E-state index contributed by atoms with van der Waals surface area (Å²) in [7, 11) is -1.16. The summed E-state index contributed by atoms with van der Waals surface area (Å²) in [5.74, 6) is 1.18. The topological polar surface area (TPSA) is 114 Å². The summed E-state index contributed by atoms with van der Waals surface area (Å²) >= 11 is 12.8. The number of rotatable bonds is 12. The Morgan fingerprint density at radius 2 is 2.00 bits per heavy atom. The minimum atomic E-state index is -1.16. The second kappa shape index (κ2) is 10.9. The van der Waals surface area contributed by atoms with E-state index < -0.39 is 8.07 Å². The molecule has 0 spiro atoms. The Morgan fingerprint density at radius 3 is 2.69 bits per heavy atom. The Balaban J connectivity index is 1.35. The number of nitrogen functional groups attached to an aromatic ring is 1. The highest BCUT2D eigenvalue weighted by Gasteiger charge is 2.27. The number of anilines is 2. The SMILES string of the molecule is Cc1nn(C2COC2)c(OCCCNc2nc(Cl)nc3c2c(Cl)cn3COCC[Si](C)(C)C)c1N. The third-order valence-electron chi connectivity index (χ3n) is 5.77. The van der Waals surface area contributed by atoms with Crippen LogP contribution in [0.15, 0.2) is 6.20 Å². The Labute approximate surface area is 216 Å². The van der Waals surface area contributed by atoms with E-state index in [0.717, 1.165) is 11.7 Å². The molecule has 0 radical (unpaired) electrons. The highest BCUT2D eigenvalue weighted by atomic mass is 35.5. The van der Waals surface area contributed by atoms with E-state index in [1.54, 1.807) is 6.20 Å². The van der Waals surface area contributed by atoms with Crippen LogP contribution in [0.1, 0.15) is 18.2 Å². The first-order valence-electron chi connectivity index (χ1n) is 11.7. The predicted molar refractivity (Wildman–Crippen MR) is 141 cm³/mol. The lowest BCUT2D eigenvalue weighted by molar-refractivity contribution is -0.0321. The zero-order valence-corrected chi connectivity index (χ0v) is 23.1. The van der Waals surface area contributed by atoms with Crippen LogP contribution in [0.4, 0.5) is 11.5 Å². The molecule has 1 fully saturated rings. The molecule has 10 nitrogen and oxygen atoms in total. The second-order valence-corrected chi connectivity index (χ2v) is 16.3. The fourth-order valence-corrected chi connectivity index (χ4v) is 4.84. The van der Waals surface area contributed by atoms with Crippen molar-refractivity contribution in [3.8, 4) is 5.88 Å². The Morgan fingerprint density at radius 1 is 1.23 bits per heavy atom. The summed E-state index contributed by atoms with van der Waals surface area (Å²) in [5, 5.41) is 9.20. The third kappa shape index (κ3) is 6.21. The number of hydrogen-bond donors (Lipinski definition) is 2. The smallest absolute Gasteiger partial charge is 0.236 e. The van der Waals surface area contributed by atoms with Gasteiger partial charge in [0.1, 0.15) is 24.3 Å². The van der Waals surface area contributed by atoms with Gasteiger partial charge in [0.05, 0.1) is 35.9 Å². The summed E-state index contributed by atoms with van der Waals surface area (Å²) < 4.78 is 20.8. The van der Waals surface area contributed by atoms with E-state index in [-0.39, 0.29) is 11.3 Å². The fourth-order valence-electron chi connectivity index (χ4n) is 3.62. The van der Waals surface area contributed by atoms with Crippen molar-refractivity contribution in [3.05, 3.63) is 22.2 Å². The van der Waals surface area contributed by atoms with Gasteiger partial charge in [0, 0.05) is 27.4 Å². The maximum Gasteiger partial charge on any atom is 0.236 e. The van der Waals surface area contributed by atoms with E-state index in [2.05, 4.69) is 40.0 Å². The van der Waals surface area contributed by atoms with Crippen molar-refractivity contribution in [2.75, 3.05) is 44.0 Å². The lowest BCUT2D eigenvalue weighted by atomic mass is 10.3. The number of halogens is 2. The van der Waals surface area contributed by atoms with Crippen LogP contribution in [0.25, 0.3) is 11.0 Å². The quantitative estimate of drug-likeness (QED) is 0.194. The van der Waals surface area contributed by atoms with Gasteiger partial charge < -0.3 is 29.8 Å². The van der Waals surface area contributed by atoms with Crippen LogP contribution in [-0.4, -0.2) is 65.4 Å². The van der Waals surface area contributed by atoms with Gasteiger partial charge in [-0.25, -0.2) is 4.68 Å². The number of nitrogens with zero attached hydrogens (tertiary/aromatic N) is 5. The number of hydrogen-bond acceptors (Lipinski definition) is 8. The molecular weight excluding hydrogens is 509 g/mol. The molecule has 0 unspecified atom stereocenters. The molecule has 0 amide bonds. The number of nitrogens with one attached hydrogen (secondary N) is 1. The zero-order chi connectivity index (χ0) is 25.2. The molecule has 3 N–H and O–H groups in total. The Hall–Kier alpha value is -2.05. The van der Waals surface area contributed by atoms with Crippen LogP contribution in [0.2, 0.25) is 36.0 Å². The molecule has 0 atom stereocenters. The molecule has 3 aromatic rings. The summed E-state index contributed by atoms with van der Waals surface area (Å²) in [5.41, 5.74) is 8.12. The first-order chi connectivity index (χ1) is 16.6. The van der Waals surface area contributed by atoms with E-state index in [9.17, 15) is 0 Å². The van der Waals surface area contributed by atoms with Gasteiger partial charge in [0.2, 0.25) is 11.2 Å². The van der Waals surface area contributed by atoms with Gasteiger partial charge >= 0.3 is 0 Å². The Kier molecular flexibility index (Phi) is 8.11. The van der Waals surface area contributed by atoms with Crippen molar-refractivity contribution in [2.24, 2.45) is 0 Å². The van der Waals surface area contributed by atoms with E-state index in [1.165, 1.54) is 0 Å². The van der Waals surface area contributed by atoms with E-state index in [4.69, 9.17) is 43.1 Å². The molecule has 192 valence electrons. The highest BCUT2D eigenvalue weighted by molar-refractivity contribution is 6.76. The number of nitrogens with two attached hydrogens (primary N) is 1. The third-order valence-corrected chi connectivity index (χ3v) is 7.93. The van der Waals surface area contributed by atoms with Gasteiger partial charge in [0.25, 0.3) is 0 Å². The van der Waals surface area contributed by atoms with Crippen LogP contribution in [0, 0.1) is 6.92 Å². The van der Waals surface area contributed by atoms with Crippen molar-refractivity contribution in [2.45, 2.75) is 51.8 Å². The standard InChI is InChI=1S/C22H33Cl2N7O3Si/c1-14-18(25)21(31(29-14)15-11-33-12-15)34-7-5-6-26-19-17-16(23)10-30(20(17)28-22(24)27-19)13-32-8-9-35(2,3)4/h10,15H,5-9,11-13,25H2,1-4H3,(H,26,27,28). The average molecular weight is 543 g/mol. The van der Waals surface area contributed by atoms with Gasteiger partial charge in [-0.1, -0.05) is 31.2 Å². The van der Waals surface area contributed by atoms with Crippen molar-refractivity contribution in [1.29, 1.82) is 0 Å². The molecule has 0 saturated carbocycles. The van der Waals surface area contributed by atoms with Crippen molar-refractivity contribution < 1.29 is 14.2 Å². The molecule has 1 aliphatic rings. The second-order valence-electron chi connectivity index (χ2n) is 9.90. The predicted octanol–water partition coefficient (Wildman–Crippen LogP) is 4.59. The van der Waals surface area contributed by atoms with Crippen LogP contribution in [-0.2, 0) is 16.2 Å². The zero-order valence-electron chi connectivity index (χ0n) is 20.6. The molecule has 0 bridgehead atoms. The van der Waals surface area contributed by atoms with E-state index >= 15 is 0 Å². The fraction of sp³-hybridized carbons (Fsp3) is 0.591. The van der Waals surface area contributed by atoms with Crippen LogP contribution in [0.5, 0.6) is 5.88 Å². The largest absolute Gasteiger partial charge is 0.476 e. The lowest BCUT2D eigenvalue weighted by Gasteiger charge is -2.27. The van der Waals surface area contributed by atoms with Gasteiger partial charge in [-0.3, -0.25) is 0 Å². The van der Waals surface area contributed by atoms with E-state index in [0.29, 0.717) is 79.6 Å². The number of fused-ring (bicyclic) bond motifs is 1. The molecule has 0 aromatic carbocycles. The number of ether oxygens (including phenoxy) is 3. The molecule has 1 aliphatic heterocycles. The first kappa shape index (κ1) is 26.0. The molecule has 35 heavy (non-hydrogen) atoms. The van der Waals surface area contributed by atoms with Crippen molar-refractivity contribution in [3.63, 3.8) is 0 Å². The minimum absolute atomic E-state index is 0.143. The maximum absolute atomic E-state index is 6.54. The van der Waals surface area contributed by atoms with Gasteiger partial charge in [0.15, 0.2) is 5.65 Å². The molecular formula is C22H33Cl2N7O3Si. The number of aryl methyl sites for hydroxylation is 1. The summed E-state index contributed by atoms with van der Waals surface area (Å²) in [6, 6.07) is 1.26. The molecule has 4 rings (SSSR count). The van der Waals surface area contributed by atoms with Crippen LogP contribution < -0.4 is 15.8 Å². The lowest BCUT2D eigenvalue weighted by Crippen LogP contribution is -2.32. The molecule has 3 aromatic heterocycles. The van der Waals surface area contributed by atoms with Gasteiger partial charge in [-0.15, -0.1) is 0 Å². The van der Waals surface area contributed by atoms with Gasteiger partial charge in [-0.2, -0.15) is 15.1 Å². The first-order valence-corrected chi connectivity index (χ1v) is 16.2. The van der Waals surface area contributed by atoms with Crippen LogP contribution in [0.3, 0.4) is 0 Å². The summed E-state index contributed by atoms with van der Waals surface area (Å²) in [4.78, 5) is 8.74. The van der Waals surface area contributed by atoms with Crippen LogP contribution >= 0.6 is 23.2 Å². The average Bonchev–Trinajstić information content (AvgIpc) is 3.19. The monoisotopic (exact) mass is 541 g/mol. The molecule has 13 heteroatoms. The maximum atomic E-state index is 6.54. The van der Waals surface area contributed by atoms with E-state index in [1.807, 2.05) is 16.2 Å². The summed E-state index contributed by atoms with van der Waals surface area (Å²) in [6.45, 7) is 12.2. The molecule has 4 heterocycles. The number of aromatic nitrogens is 5. The Bertz CT molecular complexity index is 1170. The van der Waals surface area contributed by atoms with Crippen molar-refractivity contribution in [1.82, 2.24) is 24.3 Å². The summed E-state index contributed by atoms with van der Waals surface area (Å²) in [6.07, 6.45) is 2.50. The normalized spacial score (nSPS) is 14.5. The van der Waals surface area contributed by atoms with Crippen molar-refractivity contribution >= 4 is 53.8 Å². The molecule has 1 saturated heterocycles. The van der Waals surface area contributed by atoms with Gasteiger partial charge in [-0.05, 0) is 31.0 Å². The highest BCUT2D eigenvalue weighted by Crippen LogP contribution is 2.32. The molecule has 0 aliphatic carbocycles. The minimum Gasteiger partial charge on any atom is -0.476 e.